The standard InChI is InChI=1S/C16H23NO3/c1-3-4-10-14(16(19)20)17-15(18)11-12(2)13-8-6-5-7-9-13/h5-9,12,14H,3-4,10-11H2,1-2H3,(H,17,18)(H,19,20). The van der Waals surface area contributed by atoms with Gasteiger partial charge in [0.1, 0.15) is 6.04 Å². The lowest BCUT2D eigenvalue weighted by molar-refractivity contribution is -0.142. The lowest BCUT2D eigenvalue weighted by Crippen LogP contribution is -2.41. The molecule has 2 N–H and O–H groups in total. The molecule has 2 unspecified atom stereocenters. The number of unbranched alkanes of at least 4 members (excludes halogenated alkanes) is 1. The van der Waals surface area contributed by atoms with E-state index in [4.69, 9.17) is 5.11 Å². The highest BCUT2D eigenvalue weighted by Crippen LogP contribution is 2.18. The molecule has 4 heteroatoms. The minimum atomic E-state index is -0.959. The van der Waals surface area contributed by atoms with E-state index in [2.05, 4.69) is 5.32 Å². The molecule has 0 aliphatic heterocycles. The van der Waals surface area contributed by atoms with Crippen LogP contribution in [0.5, 0.6) is 0 Å². The van der Waals surface area contributed by atoms with E-state index in [1.807, 2.05) is 44.2 Å². The summed E-state index contributed by atoms with van der Waals surface area (Å²) in [7, 11) is 0. The number of benzene rings is 1. The molecule has 2 atom stereocenters. The highest BCUT2D eigenvalue weighted by Gasteiger charge is 2.20. The highest BCUT2D eigenvalue weighted by atomic mass is 16.4. The van der Waals surface area contributed by atoms with Gasteiger partial charge in [-0.2, -0.15) is 0 Å². The first kappa shape index (κ1) is 16.2. The molecule has 0 fully saturated rings. The third-order valence-corrected chi connectivity index (χ3v) is 3.34. The van der Waals surface area contributed by atoms with Crippen LogP contribution < -0.4 is 5.32 Å². The average Bonchev–Trinajstić information content (AvgIpc) is 2.44. The van der Waals surface area contributed by atoms with Gasteiger partial charge in [-0.15, -0.1) is 0 Å². The first-order valence-electron chi connectivity index (χ1n) is 7.11. The molecule has 4 nitrogen and oxygen atoms in total. The average molecular weight is 277 g/mol. The number of carbonyl (C=O) groups excluding carboxylic acids is 1. The van der Waals surface area contributed by atoms with E-state index in [1.54, 1.807) is 0 Å². The number of aliphatic carboxylic acids is 1. The maximum Gasteiger partial charge on any atom is 0.326 e. The van der Waals surface area contributed by atoms with Crippen molar-refractivity contribution in [2.45, 2.75) is 51.5 Å². The van der Waals surface area contributed by atoms with E-state index in [9.17, 15) is 9.59 Å². The summed E-state index contributed by atoms with van der Waals surface area (Å²) in [6.45, 7) is 3.97. The van der Waals surface area contributed by atoms with Crippen molar-refractivity contribution in [1.82, 2.24) is 5.32 Å². The van der Waals surface area contributed by atoms with Gasteiger partial charge in [-0.05, 0) is 17.9 Å². The van der Waals surface area contributed by atoms with Crippen LogP contribution in [0.1, 0.15) is 51.0 Å². The Balaban J connectivity index is 2.51. The largest absolute Gasteiger partial charge is 0.480 e. The Hall–Kier alpha value is -1.84. The summed E-state index contributed by atoms with van der Waals surface area (Å²) in [5.41, 5.74) is 1.09. The topological polar surface area (TPSA) is 66.4 Å². The van der Waals surface area contributed by atoms with Crippen molar-refractivity contribution in [3.63, 3.8) is 0 Å². The van der Waals surface area contributed by atoms with Crippen molar-refractivity contribution >= 4 is 11.9 Å². The van der Waals surface area contributed by atoms with Crippen LogP contribution in [-0.4, -0.2) is 23.0 Å². The second kappa shape index (κ2) is 8.35. The minimum Gasteiger partial charge on any atom is -0.480 e. The summed E-state index contributed by atoms with van der Waals surface area (Å²) in [6, 6.07) is 8.98. The maximum absolute atomic E-state index is 11.9. The fourth-order valence-corrected chi connectivity index (χ4v) is 2.10. The zero-order chi connectivity index (χ0) is 15.0. The van der Waals surface area contributed by atoms with Gasteiger partial charge in [-0.25, -0.2) is 4.79 Å². The summed E-state index contributed by atoms with van der Waals surface area (Å²) in [4.78, 5) is 23.0. The molecule has 0 bridgehead atoms. The number of rotatable bonds is 8. The van der Waals surface area contributed by atoms with E-state index < -0.39 is 12.0 Å². The lowest BCUT2D eigenvalue weighted by Gasteiger charge is -2.16. The number of amides is 1. The molecule has 1 aromatic carbocycles. The first-order valence-corrected chi connectivity index (χ1v) is 7.11. The van der Waals surface area contributed by atoms with Gasteiger partial charge < -0.3 is 10.4 Å². The Labute approximate surface area is 120 Å². The number of hydrogen-bond donors (Lipinski definition) is 2. The van der Waals surface area contributed by atoms with E-state index in [0.29, 0.717) is 12.8 Å². The number of carboxylic acids is 1. The molecular weight excluding hydrogens is 254 g/mol. The zero-order valence-electron chi connectivity index (χ0n) is 12.1. The van der Waals surface area contributed by atoms with Crippen LogP contribution in [0.3, 0.4) is 0 Å². The van der Waals surface area contributed by atoms with Crippen LogP contribution in [0.4, 0.5) is 0 Å². The monoisotopic (exact) mass is 277 g/mol. The van der Waals surface area contributed by atoms with E-state index in [-0.39, 0.29) is 11.8 Å². The van der Waals surface area contributed by atoms with Crippen LogP contribution in [0.25, 0.3) is 0 Å². The second-order valence-electron chi connectivity index (χ2n) is 5.12. The third-order valence-electron chi connectivity index (χ3n) is 3.34. The Morgan fingerprint density at radius 1 is 1.25 bits per heavy atom. The van der Waals surface area contributed by atoms with Crippen molar-refractivity contribution in [3.8, 4) is 0 Å². The summed E-state index contributed by atoms with van der Waals surface area (Å²) in [5, 5.41) is 11.7. The van der Waals surface area contributed by atoms with Gasteiger partial charge in [0.15, 0.2) is 0 Å². The minimum absolute atomic E-state index is 0.0804. The van der Waals surface area contributed by atoms with Crippen LogP contribution >= 0.6 is 0 Å². The third kappa shape index (κ3) is 5.43. The summed E-state index contributed by atoms with van der Waals surface area (Å²) < 4.78 is 0. The summed E-state index contributed by atoms with van der Waals surface area (Å²) in [5.74, 6) is -1.08. The second-order valence-corrected chi connectivity index (χ2v) is 5.12. The molecule has 1 amide bonds. The molecule has 0 heterocycles. The maximum atomic E-state index is 11.9. The number of carboxylic acid groups (broad SMARTS) is 1. The molecule has 0 saturated carbocycles. The predicted molar refractivity (Wildman–Crippen MR) is 78.6 cm³/mol. The van der Waals surface area contributed by atoms with E-state index in [1.165, 1.54) is 0 Å². The fraction of sp³-hybridized carbons (Fsp3) is 0.500. The normalized spacial score (nSPS) is 13.5. The molecule has 0 aliphatic carbocycles. The van der Waals surface area contributed by atoms with Gasteiger partial charge in [-0.3, -0.25) is 4.79 Å². The van der Waals surface area contributed by atoms with E-state index in [0.717, 1.165) is 18.4 Å². The SMILES string of the molecule is CCCCC(NC(=O)CC(C)c1ccccc1)C(=O)O. The first-order chi connectivity index (χ1) is 9.54. The van der Waals surface area contributed by atoms with E-state index >= 15 is 0 Å². The molecule has 110 valence electrons. The molecular formula is C16H23NO3. The highest BCUT2D eigenvalue weighted by molar-refractivity contribution is 5.83. The Bertz CT molecular complexity index is 431. The van der Waals surface area contributed by atoms with Crippen LogP contribution in [0, 0.1) is 0 Å². The molecule has 0 aliphatic rings. The molecule has 0 radical (unpaired) electrons. The molecule has 0 aromatic heterocycles. The van der Waals surface area contributed by atoms with Gasteiger partial charge in [0.25, 0.3) is 0 Å². The quantitative estimate of drug-likeness (QED) is 0.767. The molecule has 1 aromatic rings. The molecule has 1 rings (SSSR count). The number of hydrogen-bond acceptors (Lipinski definition) is 2. The van der Waals surface area contributed by atoms with Crippen LogP contribution in [0.2, 0.25) is 0 Å². The van der Waals surface area contributed by atoms with Crippen LogP contribution in [-0.2, 0) is 9.59 Å². The lowest BCUT2D eigenvalue weighted by atomic mass is 9.97. The van der Waals surface area contributed by atoms with Gasteiger partial charge in [-0.1, -0.05) is 57.0 Å². The van der Waals surface area contributed by atoms with Gasteiger partial charge in [0.05, 0.1) is 0 Å². The van der Waals surface area contributed by atoms with Crippen molar-refractivity contribution in [2.75, 3.05) is 0 Å². The molecule has 0 spiro atoms. The van der Waals surface area contributed by atoms with Crippen molar-refractivity contribution in [3.05, 3.63) is 35.9 Å². The van der Waals surface area contributed by atoms with Gasteiger partial charge >= 0.3 is 5.97 Å². The van der Waals surface area contributed by atoms with Crippen molar-refractivity contribution < 1.29 is 14.7 Å². The predicted octanol–water partition coefficient (Wildman–Crippen LogP) is 2.94. The van der Waals surface area contributed by atoms with Crippen molar-refractivity contribution in [1.29, 1.82) is 0 Å². The number of nitrogens with one attached hydrogen (secondary N) is 1. The zero-order valence-corrected chi connectivity index (χ0v) is 12.1. The van der Waals surface area contributed by atoms with Gasteiger partial charge in [0, 0.05) is 6.42 Å². The smallest absolute Gasteiger partial charge is 0.326 e. The Morgan fingerprint density at radius 3 is 2.45 bits per heavy atom. The number of carbonyl (C=O) groups is 2. The Kier molecular flexibility index (Phi) is 6.77. The summed E-state index contributed by atoms with van der Waals surface area (Å²) >= 11 is 0. The fourth-order valence-electron chi connectivity index (χ4n) is 2.10. The summed E-state index contributed by atoms with van der Waals surface area (Å²) in [6.07, 6.45) is 2.50. The Morgan fingerprint density at radius 2 is 1.90 bits per heavy atom. The van der Waals surface area contributed by atoms with Crippen LogP contribution in [0.15, 0.2) is 30.3 Å². The van der Waals surface area contributed by atoms with Crippen molar-refractivity contribution in [2.24, 2.45) is 0 Å². The molecule has 0 saturated heterocycles. The van der Waals surface area contributed by atoms with Gasteiger partial charge in [0.2, 0.25) is 5.91 Å². The molecule has 20 heavy (non-hydrogen) atoms.